The number of ketones is 1. The summed E-state index contributed by atoms with van der Waals surface area (Å²) in [5.74, 6) is -0.468. The quantitative estimate of drug-likeness (QED) is 0.899. The lowest BCUT2D eigenvalue weighted by atomic mass is 9.74. The van der Waals surface area contributed by atoms with Gasteiger partial charge < -0.3 is 5.73 Å². The highest BCUT2D eigenvalue weighted by Crippen LogP contribution is 2.33. The molecule has 2 rings (SSSR count). The van der Waals surface area contributed by atoms with Crippen LogP contribution in [0.15, 0.2) is 18.2 Å². The lowest BCUT2D eigenvalue weighted by molar-refractivity contribution is -0.120. The molecule has 0 radical (unpaired) electrons. The molecule has 0 saturated heterocycles. The van der Waals surface area contributed by atoms with E-state index in [1.807, 2.05) is 0 Å². The molecule has 4 heteroatoms. The van der Waals surface area contributed by atoms with Crippen LogP contribution in [0.4, 0.5) is 4.39 Å². The predicted octanol–water partition coefficient (Wildman–Crippen LogP) is 2.86. The van der Waals surface area contributed by atoms with E-state index in [2.05, 4.69) is 0 Å². The van der Waals surface area contributed by atoms with Crippen molar-refractivity contribution in [3.05, 3.63) is 34.6 Å². The van der Waals surface area contributed by atoms with Gasteiger partial charge in [0.1, 0.15) is 11.6 Å². The summed E-state index contributed by atoms with van der Waals surface area (Å²) in [4.78, 5) is 11.8. The van der Waals surface area contributed by atoms with E-state index >= 15 is 0 Å². The number of nitrogens with two attached hydrogens (primary N) is 1. The molecule has 2 nitrogen and oxygen atoms in total. The molecular weight excluding hydrogens is 241 g/mol. The molecule has 1 aromatic carbocycles. The first kappa shape index (κ1) is 12.5. The third kappa shape index (κ3) is 2.85. The van der Waals surface area contributed by atoms with Crippen molar-refractivity contribution in [3.8, 4) is 0 Å². The molecular formula is C13H15ClFNO. The molecule has 0 aromatic heterocycles. The van der Waals surface area contributed by atoms with Crippen molar-refractivity contribution in [1.82, 2.24) is 0 Å². The lowest BCUT2D eigenvalue weighted by Gasteiger charge is -2.37. The highest BCUT2D eigenvalue weighted by molar-refractivity contribution is 6.31. The summed E-state index contributed by atoms with van der Waals surface area (Å²) in [6.45, 7) is 0. The van der Waals surface area contributed by atoms with Gasteiger partial charge >= 0.3 is 0 Å². The van der Waals surface area contributed by atoms with Gasteiger partial charge in [-0.15, -0.1) is 0 Å². The minimum atomic E-state index is -0.425. The van der Waals surface area contributed by atoms with Crippen LogP contribution in [-0.2, 0) is 11.2 Å². The van der Waals surface area contributed by atoms with Crippen LogP contribution in [0.2, 0.25) is 5.02 Å². The van der Waals surface area contributed by atoms with E-state index in [0.717, 1.165) is 19.3 Å². The first-order valence-corrected chi connectivity index (χ1v) is 6.11. The second-order valence-electron chi connectivity index (χ2n) is 4.81. The fourth-order valence-corrected chi connectivity index (χ4v) is 2.39. The Balaban J connectivity index is 2.03. The normalized spacial score (nSPS) is 17.6. The minimum Gasteiger partial charge on any atom is -0.325 e. The summed E-state index contributed by atoms with van der Waals surface area (Å²) in [7, 11) is 0. The maximum Gasteiger partial charge on any atom is 0.139 e. The summed E-state index contributed by atoms with van der Waals surface area (Å²) < 4.78 is 13.5. The number of Topliss-reactive ketones (excluding diaryl/α,β-unsaturated/α-hetero) is 1. The highest BCUT2D eigenvalue weighted by Gasteiger charge is 2.34. The van der Waals surface area contributed by atoms with Gasteiger partial charge in [-0.25, -0.2) is 4.39 Å². The van der Waals surface area contributed by atoms with Gasteiger partial charge in [-0.3, -0.25) is 4.79 Å². The van der Waals surface area contributed by atoms with Gasteiger partial charge in [-0.05, 0) is 31.4 Å². The molecule has 92 valence electrons. The molecule has 1 fully saturated rings. The van der Waals surface area contributed by atoms with E-state index < -0.39 is 5.82 Å². The first-order chi connectivity index (χ1) is 8.00. The van der Waals surface area contributed by atoms with Gasteiger partial charge in [-0.2, -0.15) is 0 Å². The molecule has 0 aliphatic heterocycles. The Labute approximate surface area is 105 Å². The molecule has 0 atom stereocenters. The second-order valence-corrected chi connectivity index (χ2v) is 5.22. The Morgan fingerprint density at radius 1 is 1.47 bits per heavy atom. The monoisotopic (exact) mass is 255 g/mol. The molecule has 1 aliphatic rings. The van der Waals surface area contributed by atoms with Crippen molar-refractivity contribution in [2.24, 2.45) is 5.73 Å². The number of carbonyl (C=O) groups is 1. The Bertz CT molecular complexity index is 423. The summed E-state index contributed by atoms with van der Waals surface area (Å²) >= 11 is 5.87. The molecule has 1 aromatic rings. The molecule has 0 heterocycles. The average Bonchev–Trinajstić information content (AvgIpc) is 2.21. The average molecular weight is 256 g/mol. The van der Waals surface area contributed by atoms with Gasteiger partial charge in [0.25, 0.3) is 0 Å². The molecule has 1 aliphatic carbocycles. The van der Waals surface area contributed by atoms with E-state index in [-0.39, 0.29) is 23.3 Å². The molecule has 2 N–H and O–H groups in total. The summed E-state index contributed by atoms with van der Waals surface area (Å²) in [6.07, 6.45) is 3.18. The number of hydrogen-bond acceptors (Lipinski definition) is 2. The molecule has 0 amide bonds. The standard InChI is InChI=1S/C13H15ClFNO/c14-11-3-1-4-12(15)10(11)7-9(17)8-13(16)5-2-6-13/h1,3-4H,2,5-8,16H2. The van der Waals surface area contributed by atoms with Crippen LogP contribution < -0.4 is 5.73 Å². The number of benzene rings is 1. The van der Waals surface area contributed by atoms with E-state index in [4.69, 9.17) is 17.3 Å². The molecule has 17 heavy (non-hydrogen) atoms. The number of carbonyl (C=O) groups excluding carboxylic acids is 1. The number of hydrogen-bond donors (Lipinski definition) is 1. The number of rotatable bonds is 4. The van der Waals surface area contributed by atoms with Crippen LogP contribution in [0.3, 0.4) is 0 Å². The zero-order chi connectivity index (χ0) is 12.5. The van der Waals surface area contributed by atoms with Crippen molar-refractivity contribution in [1.29, 1.82) is 0 Å². The topological polar surface area (TPSA) is 43.1 Å². The van der Waals surface area contributed by atoms with Gasteiger partial charge in [0.2, 0.25) is 0 Å². The number of halogens is 2. The van der Waals surface area contributed by atoms with Crippen molar-refractivity contribution >= 4 is 17.4 Å². The van der Waals surface area contributed by atoms with Crippen LogP contribution in [0.25, 0.3) is 0 Å². The zero-order valence-corrected chi connectivity index (χ0v) is 10.3. The fourth-order valence-electron chi connectivity index (χ4n) is 2.16. The van der Waals surface area contributed by atoms with Crippen LogP contribution >= 0.6 is 11.6 Å². The Kier molecular flexibility index (Phi) is 3.50. The smallest absolute Gasteiger partial charge is 0.139 e. The van der Waals surface area contributed by atoms with E-state index in [0.29, 0.717) is 11.4 Å². The van der Waals surface area contributed by atoms with Gasteiger partial charge in [0.05, 0.1) is 0 Å². The van der Waals surface area contributed by atoms with Crippen LogP contribution in [-0.4, -0.2) is 11.3 Å². The lowest BCUT2D eigenvalue weighted by Crippen LogP contribution is -2.48. The van der Waals surface area contributed by atoms with E-state index in [1.165, 1.54) is 12.1 Å². The van der Waals surface area contributed by atoms with Crippen molar-refractivity contribution in [2.45, 2.75) is 37.6 Å². The summed E-state index contributed by atoms with van der Waals surface area (Å²) in [5, 5.41) is 0.304. The summed E-state index contributed by atoms with van der Waals surface area (Å²) in [5.41, 5.74) is 5.91. The first-order valence-electron chi connectivity index (χ1n) is 5.74. The summed E-state index contributed by atoms with van der Waals surface area (Å²) in [6, 6.07) is 4.44. The maximum absolute atomic E-state index is 13.5. The van der Waals surface area contributed by atoms with Gasteiger partial charge in [0.15, 0.2) is 0 Å². The van der Waals surface area contributed by atoms with E-state index in [9.17, 15) is 9.18 Å². The van der Waals surface area contributed by atoms with Crippen molar-refractivity contribution in [2.75, 3.05) is 0 Å². The largest absolute Gasteiger partial charge is 0.325 e. The van der Waals surface area contributed by atoms with Crippen molar-refractivity contribution < 1.29 is 9.18 Å². The highest BCUT2D eigenvalue weighted by atomic mass is 35.5. The molecule has 0 bridgehead atoms. The zero-order valence-electron chi connectivity index (χ0n) is 9.51. The fraction of sp³-hybridized carbons (Fsp3) is 0.462. The minimum absolute atomic E-state index is 0.0322. The third-order valence-electron chi connectivity index (χ3n) is 3.33. The van der Waals surface area contributed by atoms with E-state index in [1.54, 1.807) is 6.07 Å². The SMILES string of the molecule is NC1(CC(=O)Cc2c(F)cccc2Cl)CCC1. The maximum atomic E-state index is 13.5. The Morgan fingerprint density at radius 3 is 2.71 bits per heavy atom. The van der Waals surface area contributed by atoms with Crippen molar-refractivity contribution in [3.63, 3.8) is 0 Å². The molecule has 1 saturated carbocycles. The third-order valence-corrected chi connectivity index (χ3v) is 3.69. The molecule has 0 spiro atoms. The van der Waals surface area contributed by atoms with Crippen LogP contribution in [0, 0.1) is 5.82 Å². The van der Waals surface area contributed by atoms with Crippen LogP contribution in [0.5, 0.6) is 0 Å². The Hall–Kier alpha value is -0.930. The Morgan fingerprint density at radius 2 is 2.18 bits per heavy atom. The molecule has 0 unspecified atom stereocenters. The predicted molar refractivity (Wildman–Crippen MR) is 65.5 cm³/mol. The van der Waals surface area contributed by atoms with Crippen LogP contribution in [0.1, 0.15) is 31.2 Å². The van der Waals surface area contributed by atoms with Gasteiger partial charge in [0, 0.05) is 29.0 Å². The van der Waals surface area contributed by atoms with Gasteiger partial charge in [-0.1, -0.05) is 17.7 Å². The second kappa shape index (κ2) is 4.75.